The molecule has 9 aromatic carbocycles. The Morgan fingerprint density at radius 2 is 1.00 bits per heavy atom. The molecule has 250 valence electrons. The fourth-order valence-electron chi connectivity index (χ4n) is 9.19. The summed E-state index contributed by atoms with van der Waals surface area (Å²) in [6, 6.07) is 67.3. The molecule has 0 saturated heterocycles. The summed E-state index contributed by atoms with van der Waals surface area (Å²) in [6.07, 6.45) is 0. The molecule has 0 saturated carbocycles. The Hall–Kier alpha value is -6.64. The second-order valence-corrected chi connectivity index (χ2v) is 15.0. The first-order chi connectivity index (χ1) is 26.1. The van der Waals surface area contributed by atoms with Gasteiger partial charge in [0.25, 0.3) is 0 Å². The van der Waals surface area contributed by atoms with Gasteiger partial charge in [0.1, 0.15) is 0 Å². The third-order valence-corrected chi connectivity index (χ3v) is 11.7. The standard InChI is InChI=1S/C51H36N2/c1-51(2)44-24-9-10-25-49(44)53-48-29-28-37(32-42(48)43-30-36(31-45(51)50(43)53)39-23-11-17-33-14-3-6-20-38(33)39)52(46-26-12-18-34-15-4-7-21-40(34)46)47-27-13-19-35-16-5-8-22-41(35)47/h3-32H,1-2H3. The number of benzene rings is 9. The molecule has 0 spiro atoms. The number of hydrogen-bond acceptors (Lipinski definition) is 1. The van der Waals surface area contributed by atoms with Gasteiger partial charge in [-0.05, 0) is 92.3 Å². The fourth-order valence-corrected chi connectivity index (χ4v) is 9.19. The van der Waals surface area contributed by atoms with Crippen LogP contribution in [0.15, 0.2) is 182 Å². The highest BCUT2D eigenvalue weighted by molar-refractivity contribution is 6.15. The molecule has 0 N–H and O–H groups in total. The smallest absolute Gasteiger partial charge is 0.0582 e. The molecule has 2 heteroatoms. The molecular formula is C51H36N2. The van der Waals surface area contributed by atoms with Crippen molar-refractivity contribution >= 4 is 71.2 Å². The van der Waals surface area contributed by atoms with E-state index in [2.05, 4.69) is 205 Å². The molecular weight excluding hydrogens is 641 g/mol. The summed E-state index contributed by atoms with van der Waals surface area (Å²) >= 11 is 0. The number of hydrogen-bond donors (Lipinski definition) is 0. The van der Waals surface area contributed by atoms with Crippen molar-refractivity contribution in [2.75, 3.05) is 4.90 Å². The summed E-state index contributed by atoms with van der Waals surface area (Å²) in [6.45, 7) is 4.78. The lowest BCUT2D eigenvalue weighted by Crippen LogP contribution is -2.26. The molecule has 2 heterocycles. The van der Waals surface area contributed by atoms with Gasteiger partial charge >= 0.3 is 0 Å². The highest BCUT2D eigenvalue weighted by Crippen LogP contribution is 2.51. The zero-order valence-electron chi connectivity index (χ0n) is 29.7. The van der Waals surface area contributed by atoms with Gasteiger partial charge in [-0.3, -0.25) is 0 Å². The van der Waals surface area contributed by atoms with Crippen LogP contribution in [0, 0.1) is 0 Å². The zero-order valence-corrected chi connectivity index (χ0v) is 29.7. The minimum Gasteiger partial charge on any atom is -0.309 e. The van der Waals surface area contributed by atoms with Crippen molar-refractivity contribution in [3.8, 4) is 16.8 Å². The van der Waals surface area contributed by atoms with Gasteiger partial charge < -0.3 is 9.47 Å². The predicted molar refractivity (Wildman–Crippen MR) is 226 cm³/mol. The molecule has 1 aliphatic rings. The molecule has 0 atom stereocenters. The monoisotopic (exact) mass is 676 g/mol. The minimum atomic E-state index is -0.194. The van der Waals surface area contributed by atoms with Crippen LogP contribution in [0.25, 0.3) is 70.9 Å². The van der Waals surface area contributed by atoms with E-state index in [1.807, 2.05) is 0 Å². The summed E-state index contributed by atoms with van der Waals surface area (Å²) in [5.41, 5.74) is 12.3. The second-order valence-electron chi connectivity index (χ2n) is 15.0. The lowest BCUT2D eigenvalue weighted by Gasteiger charge is -2.35. The average molecular weight is 677 g/mol. The van der Waals surface area contributed by atoms with Crippen molar-refractivity contribution in [1.29, 1.82) is 0 Å². The van der Waals surface area contributed by atoms with Gasteiger partial charge in [-0.1, -0.05) is 147 Å². The number of rotatable bonds is 4. The second kappa shape index (κ2) is 11.2. The van der Waals surface area contributed by atoms with Gasteiger partial charge in [-0.2, -0.15) is 0 Å². The van der Waals surface area contributed by atoms with Crippen LogP contribution < -0.4 is 4.90 Å². The summed E-state index contributed by atoms with van der Waals surface area (Å²) in [5, 5.41) is 9.95. The topological polar surface area (TPSA) is 8.17 Å². The fraction of sp³-hybridized carbons (Fsp3) is 0.0588. The molecule has 1 aliphatic heterocycles. The van der Waals surface area contributed by atoms with E-state index in [1.54, 1.807) is 0 Å². The third kappa shape index (κ3) is 4.33. The van der Waals surface area contributed by atoms with Crippen molar-refractivity contribution in [3.63, 3.8) is 0 Å². The summed E-state index contributed by atoms with van der Waals surface area (Å²) in [4.78, 5) is 2.47. The molecule has 0 bridgehead atoms. The highest BCUT2D eigenvalue weighted by atomic mass is 15.1. The average Bonchev–Trinajstić information content (AvgIpc) is 3.54. The van der Waals surface area contributed by atoms with E-state index in [0.717, 1.165) is 17.1 Å². The Kier molecular flexibility index (Phi) is 6.33. The molecule has 10 aromatic rings. The molecule has 11 rings (SSSR count). The molecule has 0 aliphatic carbocycles. The van der Waals surface area contributed by atoms with E-state index in [9.17, 15) is 0 Å². The van der Waals surface area contributed by atoms with Crippen LogP contribution in [0.3, 0.4) is 0 Å². The Bertz CT molecular complexity index is 3010. The van der Waals surface area contributed by atoms with Crippen LogP contribution in [0.2, 0.25) is 0 Å². The van der Waals surface area contributed by atoms with E-state index in [0.29, 0.717) is 0 Å². The molecule has 2 nitrogen and oxygen atoms in total. The summed E-state index contributed by atoms with van der Waals surface area (Å²) in [7, 11) is 0. The molecule has 0 amide bonds. The molecule has 53 heavy (non-hydrogen) atoms. The Morgan fingerprint density at radius 3 is 1.70 bits per heavy atom. The molecule has 0 radical (unpaired) electrons. The maximum absolute atomic E-state index is 2.53. The van der Waals surface area contributed by atoms with Gasteiger partial charge in [-0.25, -0.2) is 0 Å². The van der Waals surface area contributed by atoms with Crippen LogP contribution in [-0.2, 0) is 5.41 Å². The lowest BCUT2D eigenvalue weighted by atomic mass is 9.74. The largest absolute Gasteiger partial charge is 0.309 e. The normalized spacial score (nSPS) is 13.2. The van der Waals surface area contributed by atoms with E-state index in [-0.39, 0.29) is 5.41 Å². The Morgan fingerprint density at radius 1 is 0.434 bits per heavy atom. The number of para-hydroxylation sites is 1. The Balaban J connectivity index is 1.26. The van der Waals surface area contributed by atoms with Crippen molar-refractivity contribution < 1.29 is 0 Å². The number of anilines is 3. The van der Waals surface area contributed by atoms with Gasteiger partial charge in [0.2, 0.25) is 0 Å². The lowest BCUT2D eigenvalue weighted by molar-refractivity contribution is 0.630. The third-order valence-electron chi connectivity index (χ3n) is 11.7. The maximum Gasteiger partial charge on any atom is 0.0582 e. The van der Waals surface area contributed by atoms with Crippen molar-refractivity contribution in [2.24, 2.45) is 0 Å². The maximum atomic E-state index is 2.53. The van der Waals surface area contributed by atoms with E-state index < -0.39 is 0 Å². The SMILES string of the molecule is CC1(C)c2ccccc2-n2c3ccc(N(c4cccc5ccccc45)c4cccc5ccccc45)cc3c3cc(-c4cccc5ccccc45)cc1c32. The number of nitrogens with zero attached hydrogens (tertiary/aromatic N) is 2. The molecule has 0 unspecified atom stereocenters. The number of aromatic nitrogens is 1. The zero-order chi connectivity index (χ0) is 35.3. The van der Waals surface area contributed by atoms with Crippen LogP contribution in [0.5, 0.6) is 0 Å². The van der Waals surface area contributed by atoms with E-state index in [1.165, 1.54) is 82.1 Å². The molecule has 1 aromatic heterocycles. The quantitative estimate of drug-likeness (QED) is 0.180. The molecule has 0 fully saturated rings. The van der Waals surface area contributed by atoms with Crippen LogP contribution in [0.1, 0.15) is 25.0 Å². The van der Waals surface area contributed by atoms with Crippen LogP contribution in [0.4, 0.5) is 17.1 Å². The van der Waals surface area contributed by atoms with Crippen LogP contribution in [-0.4, -0.2) is 4.57 Å². The summed E-state index contributed by atoms with van der Waals surface area (Å²) < 4.78 is 2.53. The Labute approximate surface area is 308 Å². The first-order valence-corrected chi connectivity index (χ1v) is 18.5. The van der Waals surface area contributed by atoms with E-state index >= 15 is 0 Å². The van der Waals surface area contributed by atoms with E-state index in [4.69, 9.17) is 0 Å². The first-order valence-electron chi connectivity index (χ1n) is 18.5. The highest BCUT2D eigenvalue weighted by Gasteiger charge is 2.36. The van der Waals surface area contributed by atoms with Crippen molar-refractivity contribution in [3.05, 3.63) is 193 Å². The predicted octanol–water partition coefficient (Wildman–Crippen LogP) is 14.0. The van der Waals surface area contributed by atoms with Gasteiger partial charge in [-0.15, -0.1) is 0 Å². The summed E-state index contributed by atoms with van der Waals surface area (Å²) in [5.74, 6) is 0. The van der Waals surface area contributed by atoms with Gasteiger partial charge in [0, 0.05) is 32.6 Å². The minimum absolute atomic E-state index is 0.194. The van der Waals surface area contributed by atoms with Crippen molar-refractivity contribution in [1.82, 2.24) is 4.57 Å². The number of fused-ring (bicyclic) bond motifs is 8. The van der Waals surface area contributed by atoms with Gasteiger partial charge in [0.05, 0.1) is 28.1 Å². The van der Waals surface area contributed by atoms with Crippen LogP contribution >= 0.6 is 0 Å². The first kappa shape index (κ1) is 30.0. The van der Waals surface area contributed by atoms with Crippen molar-refractivity contribution in [2.45, 2.75) is 19.3 Å². The van der Waals surface area contributed by atoms with Gasteiger partial charge in [0.15, 0.2) is 0 Å².